The van der Waals surface area contributed by atoms with Gasteiger partial charge in [0.2, 0.25) is 5.91 Å². The minimum atomic E-state index is -3.86. The quantitative estimate of drug-likeness (QED) is 0.857. The number of sulfonamides is 1. The summed E-state index contributed by atoms with van der Waals surface area (Å²) in [6.45, 7) is 5.39. The van der Waals surface area contributed by atoms with E-state index in [0.717, 1.165) is 24.2 Å². The number of hydrogen-bond donors (Lipinski definition) is 1. The Morgan fingerprint density at radius 2 is 2.11 bits per heavy atom. The van der Waals surface area contributed by atoms with E-state index in [1.165, 1.54) is 0 Å². The fraction of sp³-hybridized carbons (Fsp3) is 0.700. The molecular formula is C10H17N3O3S2. The molecule has 1 atom stereocenters. The summed E-state index contributed by atoms with van der Waals surface area (Å²) >= 11 is 0.941. The van der Waals surface area contributed by atoms with Gasteiger partial charge in [-0.05, 0) is 13.3 Å². The van der Waals surface area contributed by atoms with Crippen LogP contribution in [-0.4, -0.2) is 24.5 Å². The predicted octanol–water partition coefficient (Wildman–Crippen LogP) is 1.48. The first-order valence-corrected chi connectivity index (χ1v) is 8.03. The number of aryl methyl sites for hydroxylation is 1. The second kappa shape index (κ2) is 6.24. The summed E-state index contributed by atoms with van der Waals surface area (Å²) in [5.74, 6) is -0.815. The van der Waals surface area contributed by atoms with Crippen LogP contribution in [0, 0.1) is 12.8 Å². The van der Waals surface area contributed by atoms with Gasteiger partial charge < -0.3 is 0 Å². The highest BCUT2D eigenvalue weighted by molar-refractivity contribution is 7.92. The van der Waals surface area contributed by atoms with Crippen LogP contribution in [0.3, 0.4) is 0 Å². The number of nitrogens with one attached hydrogen (secondary N) is 1. The van der Waals surface area contributed by atoms with E-state index in [9.17, 15) is 13.2 Å². The molecule has 0 radical (unpaired) electrons. The van der Waals surface area contributed by atoms with Crippen LogP contribution in [-0.2, 0) is 14.8 Å². The van der Waals surface area contributed by atoms with Gasteiger partial charge in [-0.25, -0.2) is 4.72 Å². The number of carbonyl (C=O) groups is 1. The zero-order valence-corrected chi connectivity index (χ0v) is 12.3. The van der Waals surface area contributed by atoms with Crippen LogP contribution in [0.5, 0.6) is 0 Å². The molecule has 1 rings (SSSR count). The fourth-order valence-electron chi connectivity index (χ4n) is 1.31. The highest BCUT2D eigenvalue weighted by Crippen LogP contribution is 2.15. The Morgan fingerprint density at radius 3 is 2.61 bits per heavy atom. The minimum Gasteiger partial charge on any atom is -0.274 e. The largest absolute Gasteiger partial charge is 0.293 e. The normalized spacial score (nSPS) is 13.3. The number of hydrogen-bond acceptors (Lipinski definition) is 6. The lowest BCUT2D eigenvalue weighted by molar-refractivity contribution is -0.122. The predicted molar refractivity (Wildman–Crippen MR) is 68.7 cm³/mol. The Kier molecular flexibility index (Phi) is 5.21. The molecular weight excluding hydrogens is 274 g/mol. The molecule has 102 valence electrons. The second-order valence-corrected chi connectivity index (χ2v) is 7.14. The molecule has 1 N–H and O–H groups in total. The van der Waals surface area contributed by atoms with E-state index in [0.29, 0.717) is 11.4 Å². The summed E-state index contributed by atoms with van der Waals surface area (Å²) in [4.78, 5) is 11.7. The molecule has 0 saturated carbocycles. The first kappa shape index (κ1) is 15.0. The molecule has 0 aliphatic heterocycles. The van der Waals surface area contributed by atoms with Crippen molar-refractivity contribution in [2.45, 2.75) is 44.4 Å². The molecule has 1 heterocycles. The van der Waals surface area contributed by atoms with Gasteiger partial charge in [0.1, 0.15) is 5.01 Å². The van der Waals surface area contributed by atoms with E-state index in [1.54, 1.807) is 13.8 Å². The molecule has 0 spiro atoms. The number of carbonyl (C=O) groups excluding carboxylic acids is 1. The Labute approximate surface area is 111 Å². The molecule has 0 bridgehead atoms. The highest BCUT2D eigenvalue weighted by Gasteiger charge is 2.24. The van der Waals surface area contributed by atoms with E-state index in [4.69, 9.17) is 0 Å². The maximum atomic E-state index is 11.8. The van der Waals surface area contributed by atoms with E-state index >= 15 is 0 Å². The van der Waals surface area contributed by atoms with E-state index in [2.05, 4.69) is 10.2 Å². The first-order valence-electron chi connectivity index (χ1n) is 5.73. The van der Waals surface area contributed by atoms with Crippen LogP contribution in [0.2, 0.25) is 0 Å². The molecule has 0 aromatic carbocycles. The monoisotopic (exact) mass is 291 g/mol. The van der Waals surface area contributed by atoms with Crippen LogP contribution in [0.4, 0.5) is 0 Å². The van der Waals surface area contributed by atoms with Crippen molar-refractivity contribution >= 4 is 27.3 Å². The molecule has 1 aromatic rings. The topological polar surface area (TPSA) is 89.0 Å². The first-order chi connectivity index (χ1) is 8.36. The molecule has 0 aliphatic carbocycles. The number of rotatable bonds is 6. The van der Waals surface area contributed by atoms with Gasteiger partial charge in [0.25, 0.3) is 14.4 Å². The lowest BCUT2D eigenvalue weighted by Gasteiger charge is -2.10. The van der Waals surface area contributed by atoms with Crippen molar-refractivity contribution in [2.24, 2.45) is 5.92 Å². The molecule has 0 aliphatic rings. The second-order valence-electron chi connectivity index (χ2n) is 4.10. The molecule has 0 fully saturated rings. The van der Waals surface area contributed by atoms with Gasteiger partial charge in [0, 0.05) is 5.92 Å². The van der Waals surface area contributed by atoms with Crippen molar-refractivity contribution < 1.29 is 13.2 Å². The van der Waals surface area contributed by atoms with Gasteiger partial charge in [-0.3, -0.25) is 4.79 Å². The summed E-state index contributed by atoms with van der Waals surface area (Å²) in [6, 6.07) is 0. The van der Waals surface area contributed by atoms with E-state index in [-0.39, 0.29) is 10.3 Å². The number of aromatic nitrogens is 2. The third-order valence-corrected chi connectivity index (χ3v) is 4.96. The van der Waals surface area contributed by atoms with Gasteiger partial charge in [-0.15, -0.1) is 10.2 Å². The summed E-state index contributed by atoms with van der Waals surface area (Å²) in [5.41, 5.74) is 0. The molecule has 6 nitrogen and oxygen atoms in total. The molecule has 1 aromatic heterocycles. The van der Waals surface area contributed by atoms with Crippen molar-refractivity contribution in [3.8, 4) is 0 Å². The summed E-state index contributed by atoms with van der Waals surface area (Å²) in [6.07, 6.45) is 2.54. The van der Waals surface area contributed by atoms with Crippen molar-refractivity contribution in [3.05, 3.63) is 5.01 Å². The van der Waals surface area contributed by atoms with Crippen LogP contribution >= 0.6 is 11.3 Å². The van der Waals surface area contributed by atoms with Gasteiger partial charge >= 0.3 is 0 Å². The van der Waals surface area contributed by atoms with Gasteiger partial charge in [0.05, 0.1) is 0 Å². The number of nitrogens with zero attached hydrogens (tertiary/aromatic N) is 2. The van der Waals surface area contributed by atoms with Crippen LogP contribution in [0.25, 0.3) is 0 Å². The maximum absolute atomic E-state index is 11.8. The molecule has 1 amide bonds. The highest BCUT2D eigenvalue weighted by atomic mass is 32.2. The van der Waals surface area contributed by atoms with Crippen molar-refractivity contribution in [1.29, 1.82) is 0 Å². The molecule has 8 heteroatoms. The zero-order valence-electron chi connectivity index (χ0n) is 10.6. The summed E-state index contributed by atoms with van der Waals surface area (Å²) < 4.78 is 25.5. The lowest BCUT2D eigenvalue weighted by atomic mass is 10.0. The average Bonchev–Trinajstić information content (AvgIpc) is 2.72. The van der Waals surface area contributed by atoms with Crippen molar-refractivity contribution in [3.63, 3.8) is 0 Å². The van der Waals surface area contributed by atoms with Crippen LogP contribution in [0.15, 0.2) is 4.34 Å². The Morgan fingerprint density at radius 1 is 1.44 bits per heavy atom. The van der Waals surface area contributed by atoms with Crippen molar-refractivity contribution in [2.75, 3.05) is 0 Å². The Hall–Kier alpha value is -1.02. The fourth-order valence-corrected chi connectivity index (χ4v) is 3.35. The van der Waals surface area contributed by atoms with Crippen molar-refractivity contribution in [1.82, 2.24) is 14.9 Å². The molecule has 0 saturated heterocycles. The average molecular weight is 291 g/mol. The van der Waals surface area contributed by atoms with Crippen LogP contribution < -0.4 is 4.72 Å². The third kappa shape index (κ3) is 4.02. The zero-order chi connectivity index (χ0) is 13.8. The molecule has 1 unspecified atom stereocenters. The summed E-state index contributed by atoms with van der Waals surface area (Å²) in [5, 5.41) is 7.69. The van der Waals surface area contributed by atoms with E-state index in [1.807, 2.05) is 11.6 Å². The van der Waals surface area contributed by atoms with Gasteiger partial charge in [0.15, 0.2) is 0 Å². The Balaban J connectivity index is 2.69. The maximum Gasteiger partial charge on any atom is 0.293 e. The number of unbranched alkanes of at least 4 members (excludes halogenated alkanes) is 1. The van der Waals surface area contributed by atoms with Gasteiger partial charge in [-0.2, -0.15) is 8.42 Å². The smallest absolute Gasteiger partial charge is 0.274 e. The lowest BCUT2D eigenvalue weighted by Crippen LogP contribution is -2.34. The SMILES string of the molecule is CCCCC(C)C(=O)NS(=O)(=O)c1nnc(C)s1. The summed E-state index contributed by atoms with van der Waals surface area (Å²) in [7, 11) is -3.86. The number of amides is 1. The standard InChI is InChI=1S/C10H17N3O3S2/c1-4-5-6-7(2)9(14)13-18(15,16)10-12-11-8(3)17-10/h7H,4-6H2,1-3H3,(H,13,14). The van der Waals surface area contributed by atoms with E-state index < -0.39 is 15.9 Å². The van der Waals surface area contributed by atoms with Crippen LogP contribution in [0.1, 0.15) is 38.1 Å². The molecule has 18 heavy (non-hydrogen) atoms. The van der Waals surface area contributed by atoms with Gasteiger partial charge in [-0.1, -0.05) is 38.0 Å². The third-order valence-electron chi connectivity index (χ3n) is 2.41. The minimum absolute atomic E-state index is 0.170. The Bertz CT molecular complexity index is 510.